The van der Waals surface area contributed by atoms with Gasteiger partial charge in [-0.1, -0.05) is 12.1 Å². The lowest BCUT2D eigenvalue weighted by atomic mass is 9.99. The third-order valence-corrected chi connectivity index (χ3v) is 4.80. The van der Waals surface area contributed by atoms with E-state index in [1.807, 2.05) is 31.1 Å². The van der Waals surface area contributed by atoms with Crippen molar-refractivity contribution in [1.29, 1.82) is 0 Å². The number of likely N-dealkylation sites (N-methyl/N-ethyl adjacent to an activating group) is 1. The van der Waals surface area contributed by atoms with E-state index in [1.165, 1.54) is 7.11 Å². The van der Waals surface area contributed by atoms with Crippen LogP contribution in [0.3, 0.4) is 0 Å². The molecule has 0 aliphatic carbocycles. The van der Waals surface area contributed by atoms with E-state index < -0.39 is 0 Å². The molecule has 0 amide bonds. The largest absolute Gasteiger partial charge is 0.504 e. The molecule has 3 aromatic rings. The molecule has 148 valence electrons. The van der Waals surface area contributed by atoms with Crippen LogP contribution in [0.2, 0.25) is 0 Å². The smallest absolute Gasteiger partial charge is 0.200 e. The molecule has 6 heteroatoms. The molecule has 1 N–H and O–H groups in total. The van der Waals surface area contributed by atoms with Gasteiger partial charge in [0, 0.05) is 12.1 Å². The van der Waals surface area contributed by atoms with Gasteiger partial charge in [-0.25, -0.2) is 0 Å². The zero-order valence-electron chi connectivity index (χ0n) is 16.8. The van der Waals surface area contributed by atoms with Crippen LogP contribution in [-0.2, 0) is 6.42 Å². The lowest BCUT2D eigenvalue weighted by Gasteiger charge is -2.16. The number of phenols is 1. The topological polar surface area (TPSA) is 72.1 Å². The number of fused-ring (bicyclic) bond motifs is 1. The molecule has 0 saturated carbocycles. The maximum atomic E-state index is 13.3. The number of hydrogen-bond acceptors (Lipinski definition) is 6. The number of aromatic hydroxyl groups is 1. The van der Waals surface area contributed by atoms with Crippen molar-refractivity contribution in [2.24, 2.45) is 0 Å². The average molecular weight is 383 g/mol. The molecule has 0 spiro atoms. The number of nitrogens with zero attached hydrogens (tertiary/aromatic N) is 1. The van der Waals surface area contributed by atoms with Crippen LogP contribution in [0.25, 0.3) is 22.1 Å². The van der Waals surface area contributed by atoms with Gasteiger partial charge in [0.25, 0.3) is 0 Å². The summed E-state index contributed by atoms with van der Waals surface area (Å²) in [7, 11) is 6.96. The molecule has 0 saturated heterocycles. The van der Waals surface area contributed by atoms with Crippen LogP contribution in [0, 0.1) is 6.92 Å². The fourth-order valence-electron chi connectivity index (χ4n) is 3.28. The summed E-state index contributed by atoms with van der Waals surface area (Å²) in [6.45, 7) is 2.45. The van der Waals surface area contributed by atoms with Gasteiger partial charge in [-0.3, -0.25) is 4.79 Å². The summed E-state index contributed by atoms with van der Waals surface area (Å²) in [5, 5.41) is 11.0. The average Bonchev–Trinajstić information content (AvgIpc) is 2.67. The van der Waals surface area contributed by atoms with Crippen LogP contribution in [-0.4, -0.2) is 44.9 Å². The molecule has 0 unspecified atom stereocenters. The number of phenolic OH excluding ortho intramolecular Hbond substituents is 1. The van der Waals surface area contributed by atoms with Crippen LogP contribution >= 0.6 is 0 Å². The molecule has 1 heterocycles. The van der Waals surface area contributed by atoms with Crippen LogP contribution in [0.15, 0.2) is 39.5 Å². The van der Waals surface area contributed by atoms with E-state index in [2.05, 4.69) is 0 Å². The zero-order chi connectivity index (χ0) is 20.4. The highest BCUT2D eigenvalue weighted by molar-refractivity contribution is 5.88. The summed E-state index contributed by atoms with van der Waals surface area (Å²) >= 11 is 0. The molecule has 0 radical (unpaired) electrons. The van der Waals surface area contributed by atoms with Crippen molar-refractivity contribution in [3.63, 3.8) is 0 Å². The third kappa shape index (κ3) is 3.55. The maximum absolute atomic E-state index is 13.3. The van der Waals surface area contributed by atoms with Crippen molar-refractivity contribution in [3.8, 4) is 28.4 Å². The Labute approximate surface area is 163 Å². The molecule has 0 aliphatic heterocycles. The first-order chi connectivity index (χ1) is 13.4. The first-order valence-corrected chi connectivity index (χ1v) is 9.02. The Bertz CT molecular complexity index is 1050. The summed E-state index contributed by atoms with van der Waals surface area (Å²) in [5.41, 5.74) is 2.05. The van der Waals surface area contributed by atoms with Gasteiger partial charge in [-0.2, -0.15) is 0 Å². The quantitative estimate of drug-likeness (QED) is 0.701. The minimum Gasteiger partial charge on any atom is -0.504 e. The van der Waals surface area contributed by atoms with E-state index in [0.29, 0.717) is 46.6 Å². The minimum absolute atomic E-state index is 0.0107. The fourth-order valence-corrected chi connectivity index (χ4v) is 3.28. The second kappa shape index (κ2) is 7.94. The molecular formula is C22H25NO5. The number of rotatable bonds is 6. The van der Waals surface area contributed by atoms with E-state index in [4.69, 9.17) is 13.9 Å². The Balaban J connectivity index is 2.27. The fraction of sp³-hybridized carbons (Fsp3) is 0.318. The van der Waals surface area contributed by atoms with E-state index in [9.17, 15) is 9.90 Å². The lowest BCUT2D eigenvalue weighted by Crippen LogP contribution is -2.16. The predicted molar refractivity (Wildman–Crippen MR) is 110 cm³/mol. The first-order valence-electron chi connectivity index (χ1n) is 9.02. The van der Waals surface area contributed by atoms with E-state index in [-0.39, 0.29) is 16.9 Å². The molecule has 6 nitrogen and oxygen atoms in total. The Kier molecular flexibility index (Phi) is 5.61. The normalized spacial score (nSPS) is 11.2. The highest BCUT2D eigenvalue weighted by Crippen LogP contribution is 2.37. The molecule has 3 rings (SSSR count). The molecule has 0 fully saturated rings. The van der Waals surface area contributed by atoms with Gasteiger partial charge in [-0.05, 0) is 51.2 Å². The molecule has 1 aromatic heterocycles. The van der Waals surface area contributed by atoms with E-state index in [0.717, 1.165) is 5.56 Å². The predicted octanol–water partition coefficient (Wildman–Crippen LogP) is 3.60. The second-order valence-electron chi connectivity index (χ2n) is 6.93. The first kappa shape index (κ1) is 19.8. The van der Waals surface area contributed by atoms with Gasteiger partial charge in [0.15, 0.2) is 11.5 Å². The van der Waals surface area contributed by atoms with Crippen molar-refractivity contribution in [2.45, 2.75) is 13.3 Å². The summed E-state index contributed by atoms with van der Waals surface area (Å²) < 4.78 is 16.6. The highest BCUT2D eigenvalue weighted by atomic mass is 16.5. The molecule has 0 bridgehead atoms. The van der Waals surface area contributed by atoms with Crippen LogP contribution in [0.1, 0.15) is 11.3 Å². The summed E-state index contributed by atoms with van der Waals surface area (Å²) in [6, 6.07) is 8.81. The SMILES string of the molecule is COc1ccc(-c2c(C)oc3c(CCN(C)C)c(O)c(OC)cc3c2=O)cc1. The molecule has 0 aliphatic rings. The van der Waals surface area contributed by atoms with Gasteiger partial charge in [0.2, 0.25) is 5.43 Å². The number of aryl methyl sites for hydroxylation is 1. The minimum atomic E-state index is -0.159. The summed E-state index contributed by atoms with van der Waals surface area (Å²) in [4.78, 5) is 15.3. The Morgan fingerprint density at radius 1 is 1.11 bits per heavy atom. The molecular weight excluding hydrogens is 358 g/mol. The van der Waals surface area contributed by atoms with Crippen molar-refractivity contribution in [2.75, 3.05) is 34.9 Å². The van der Waals surface area contributed by atoms with Crippen LogP contribution in [0.4, 0.5) is 0 Å². The molecule has 2 aromatic carbocycles. The van der Waals surface area contributed by atoms with Gasteiger partial charge in [-0.15, -0.1) is 0 Å². The van der Waals surface area contributed by atoms with Crippen molar-refractivity contribution >= 4 is 11.0 Å². The standard InChI is InChI=1S/C22H25NO5/c1-13-19(14-6-8-15(26-4)9-7-14)21(25)17-12-18(27-5)20(24)16(22(17)28-13)10-11-23(2)3/h6-9,12,24H,10-11H2,1-5H3. The maximum Gasteiger partial charge on any atom is 0.200 e. The number of benzene rings is 2. The summed E-state index contributed by atoms with van der Waals surface area (Å²) in [6.07, 6.45) is 0.525. The lowest BCUT2D eigenvalue weighted by molar-refractivity contribution is 0.365. The monoisotopic (exact) mass is 383 g/mol. The van der Waals surface area contributed by atoms with E-state index >= 15 is 0 Å². The number of ether oxygens (including phenoxy) is 2. The van der Waals surface area contributed by atoms with E-state index in [1.54, 1.807) is 32.2 Å². The highest BCUT2D eigenvalue weighted by Gasteiger charge is 2.21. The Morgan fingerprint density at radius 2 is 1.79 bits per heavy atom. The Hall–Kier alpha value is -2.99. The molecule has 28 heavy (non-hydrogen) atoms. The Morgan fingerprint density at radius 3 is 2.36 bits per heavy atom. The van der Waals surface area contributed by atoms with Gasteiger partial charge >= 0.3 is 0 Å². The van der Waals surface area contributed by atoms with Gasteiger partial charge in [0.1, 0.15) is 17.1 Å². The summed E-state index contributed by atoms with van der Waals surface area (Å²) in [5.74, 6) is 1.48. The van der Waals surface area contributed by atoms with Crippen molar-refractivity contribution < 1.29 is 19.0 Å². The third-order valence-electron chi connectivity index (χ3n) is 4.80. The number of methoxy groups -OCH3 is 2. The number of hydrogen-bond donors (Lipinski definition) is 1. The van der Waals surface area contributed by atoms with Gasteiger partial charge in [0.05, 0.1) is 25.2 Å². The van der Waals surface area contributed by atoms with Gasteiger partial charge < -0.3 is 23.9 Å². The van der Waals surface area contributed by atoms with Crippen molar-refractivity contribution in [1.82, 2.24) is 4.90 Å². The second-order valence-corrected chi connectivity index (χ2v) is 6.93. The van der Waals surface area contributed by atoms with Crippen molar-refractivity contribution in [3.05, 3.63) is 51.9 Å². The van der Waals surface area contributed by atoms with Crippen LogP contribution in [0.5, 0.6) is 17.2 Å². The molecule has 0 atom stereocenters. The zero-order valence-corrected chi connectivity index (χ0v) is 16.8. The van der Waals surface area contributed by atoms with Crippen LogP contribution < -0.4 is 14.9 Å².